The zero-order chi connectivity index (χ0) is 24.6. The van der Waals surface area contributed by atoms with E-state index >= 15 is 0 Å². The summed E-state index contributed by atoms with van der Waals surface area (Å²) in [5.74, 6) is 1.99. The van der Waals surface area contributed by atoms with Gasteiger partial charge in [-0.1, -0.05) is 36.4 Å². The lowest BCUT2D eigenvalue weighted by molar-refractivity contribution is 0.0932. The lowest BCUT2D eigenvalue weighted by Gasteiger charge is -2.17. The normalized spacial score (nSPS) is 12.1. The molecular weight excluding hydrogens is 440 g/mol. The minimum atomic E-state index is -0.294. The topological polar surface area (TPSA) is 78.3 Å². The summed E-state index contributed by atoms with van der Waals surface area (Å²) in [4.78, 5) is 21.6. The number of methoxy groups -OCH3 is 1. The van der Waals surface area contributed by atoms with Gasteiger partial charge in [-0.05, 0) is 62.2 Å². The van der Waals surface area contributed by atoms with Crippen molar-refractivity contribution in [2.45, 2.75) is 32.9 Å². The van der Waals surface area contributed by atoms with Gasteiger partial charge in [0, 0.05) is 12.7 Å². The summed E-state index contributed by atoms with van der Waals surface area (Å²) in [6.45, 7) is 5.13. The molecular formula is C28H30N4O3. The molecule has 2 aromatic carbocycles. The van der Waals surface area contributed by atoms with Crippen LogP contribution < -0.4 is 14.8 Å². The van der Waals surface area contributed by atoms with Gasteiger partial charge < -0.3 is 19.4 Å². The average Bonchev–Trinajstić information content (AvgIpc) is 3.26. The second-order valence-corrected chi connectivity index (χ2v) is 8.13. The van der Waals surface area contributed by atoms with Crippen molar-refractivity contribution in [1.82, 2.24) is 19.9 Å². The molecule has 2 aromatic heterocycles. The van der Waals surface area contributed by atoms with Crippen LogP contribution in [-0.2, 0) is 6.54 Å². The zero-order valence-electron chi connectivity index (χ0n) is 20.3. The maximum Gasteiger partial charge on any atom is 0.270 e. The van der Waals surface area contributed by atoms with Crippen molar-refractivity contribution >= 4 is 23.0 Å². The van der Waals surface area contributed by atoms with Crippen molar-refractivity contribution in [3.8, 4) is 11.5 Å². The van der Waals surface area contributed by atoms with E-state index in [-0.39, 0.29) is 11.9 Å². The molecule has 0 fully saturated rings. The first-order chi connectivity index (χ1) is 17.1. The van der Waals surface area contributed by atoms with E-state index in [9.17, 15) is 4.79 Å². The van der Waals surface area contributed by atoms with Crippen LogP contribution >= 0.6 is 0 Å². The summed E-state index contributed by atoms with van der Waals surface area (Å²) >= 11 is 0. The van der Waals surface area contributed by atoms with Gasteiger partial charge in [-0.15, -0.1) is 0 Å². The van der Waals surface area contributed by atoms with Gasteiger partial charge in [-0.25, -0.2) is 4.98 Å². The largest absolute Gasteiger partial charge is 0.493 e. The number of para-hydroxylation sites is 2. The Hall–Kier alpha value is -4.13. The Kier molecular flexibility index (Phi) is 7.77. The van der Waals surface area contributed by atoms with Crippen molar-refractivity contribution in [2.75, 3.05) is 13.7 Å². The fraction of sp³-hybridized carbons (Fsp3) is 0.250. The summed E-state index contributed by atoms with van der Waals surface area (Å²) in [6, 6.07) is 18.9. The first-order valence-corrected chi connectivity index (χ1v) is 11.7. The molecule has 0 bridgehead atoms. The molecule has 7 heteroatoms. The molecule has 0 radical (unpaired) electrons. The van der Waals surface area contributed by atoms with E-state index in [4.69, 9.17) is 14.5 Å². The van der Waals surface area contributed by atoms with E-state index in [1.54, 1.807) is 31.5 Å². The van der Waals surface area contributed by atoms with E-state index in [1.165, 1.54) is 0 Å². The lowest BCUT2D eigenvalue weighted by Crippen LogP contribution is -2.29. The van der Waals surface area contributed by atoms with Crippen LogP contribution in [0.3, 0.4) is 0 Å². The maximum absolute atomic E-state index is 12.7. The summed E-state index contributed by atoms with van der Waals surface area (Å²) in [5.41, 5.74) is 3.36. The molecule has 2 heterocycles. The summed E-state index contributed by atoms with van der Waals surface area (Å²) in [6.07, 6.45) is 6.37. The zero-order valence-corrected chi connectivity index (χ0v) is 20.3. The Labute approximate surface area is 205 Å². The van der Waals surface area contributed by atoms with Crippen LogP contribution in [0.25, 0.3) is 17.1 Å². The van der Waals surface area contributed by atoms with Gasteiger partial charge in [0.25, 0.3) is 5.91 Å². The van der Waals surface area contributed by atoms with Crippen LogP contribution in [0.1, 0.15) is 48.2 Å². The molecule has 1 amide bonds. The van der Waals surface area contributed by atoms with Crippen molar-refractivity contribution < 1.29 is 14.3 Å². The maximum atomic E-state index is 12.7. The fourth-order valence-corrected chi connectivity index (χ4v) is 4.00. The number of nitrogens with one attached hydrogen (secondary N) is 1. The molecule has 1 N–H and O–H groups in total. The summed E-state index contributed by atoms with van der Waals surface area (Å²) in [7, 11) is 1.65. The smallest absolute Gasteiger partial charge is 0.270 e. The molecule has 180 valence electrons. The van der Waals surface area contributed by atoms with E-state index in [0.29, 0.717) is 30.3 Å². The highest BCUT2D eigenvalue weighted by molar-refractivity contribution is 5.92. The quantitative estimate of drug-likeness (QED) is 0.313. The first-order valence-electron chi connectivity index (χ1n) is 11.7. The molecule has 35 heavy (non-hydrogen) atoms. The monoisotopic (exact) mass is 470 g/mol. The third kappa shape index (κ3) is 5.69. The number of pyridine rings is 1. The molecule has 0 spiro atoms. The molecule has 1 atom stereocenters. The van der Waals surface area contributed by atoms with Gasteiger partial charge in [0.2, 0.25) is 0 Å². The van der Waals surface area contributed by atoms with Crippen LogP contribution in [-0.4, -0.2) is 34.2 Å². The minimum Gasteiger partial charge on any atom is -0.493 e. The van der Waals surface area contributed by atoms with Crippen molar-refractivity contribution in [2.24, 2.45) is 0 Å². The van der Waals surface area contributed by atoms with Gasteiger partial charge in [0.15, 0.2) is 11.5 Å². The Balaban J connectivity index is 1.46. The highest BCUT2D eigenvalue weighted by Gasteiger charge is 2.19. The van der Waals surface area contributed by atoms with E-state index in [1.807, 2.05) is 68.5 Å². The molecule has 7 nitrogen and oxygen atoms in total. The predicted molar refractivity (Wildman–Crippen MR) is 138 cm³/mol. The molecule has 0 aliphatic rings. The van der Waals surface area contributed by atoms with Crippen LogP contribution in [0.5, 0.6) is 11.5 Å². The van der Waals surface area contributed by atoms with E-state index < -0.39 is 0 Å². The molecule has 0 aliphatic carbocycles. The number of carbonyl (C=O) groups excluding carboxylic acids is 1. The molecule has 0 saturated carbocycles. The van der Waals surface area contributed by atoms with Gasteiger partial charge in [-0.3, -0.25) is 9.78 Å². The summed E-state index contributed by atoms with van der Waals surface area (Å²) < 4.78 is 13.7. The number of benzene rings is 2. The number of aryl methyl sites for hydroxylation is 1. The average molecular weight is 471 g/mol. The number of allylic oxidation sites excluding steroid dienone is 1. The molecule has 0 aliphatic heterocycles. The third-order valence-electron chi connectivity index (χ3n) is 5.65. The van der Waals surface area contributed by atoms with Crippen LogP contribution in [0.2, 0.25) is 0 Å². The number of carbonyl (C=O) groups is 1. The second kappa shape index (κ2) is 11.3. The van der Waals surface area contributed by atoms with Crippen LogP contribution in [0, 0.1) is 0 Å². The van der Waals surface area contributed by atoms with Crippen LogP contribution in [0.4, 0.5) is 0 Å². The standard InChI is InChI=1S/C28H30N4O3/c1-4-10-21-14-15-25(26(19-21)34-3)35-18-9-17-32-24-13-6-5-11-22(24)31-27(32)20(2)30-28(33)23-12-7-8-16-29-23/h4-8,10-16,19-20H,9,17-18H2,1-3H3,(H,30,33)/b10-4+. The van der Waals surface area contributed by atoms with Gasteiger partial charge in [0.05, 0.1) is 30.8 Å². The summed E-state index contributed by atoms with van der Waals surface area (Å²) in [5, 5.41) is 3.02. The van der Waals surface area contributed by atoms with Gasteiger partial charge >= 0.3 is 0 Å². The highest BCUT2D eigenvalue weighted by atomic mass is 16.5. The van der Waals surface area contributed by atoms with Crippen LogP contribution in [0.15, 0.2) is 72.9 Å². The number of amides is 1. The highest BCUT2D eigenvalue weighted by Crippen LogP contribution is 2.29. The Morgan fingerprint density at radius 3 is 2.71 bits per heavy atom. The van der Waals surface area contributed by atoms with Gasteiger partial charge in [0.1, 0.15) is 11.5 Å². The number of hydrogen-bond donors (Lipinski definition) is 1. The predicted octanol–water partition coefficient (Wildman–Crippen LogP) is 5.43. The SMILES string of the molecule is C/C=C/c1ccc(OCCCn2c(C(C)NC(=O)c3ccccn3)nc3ccccc32)c(OC)c1. The molecule has 0 saturated heterocycles. The van der Waals surface area contributed by atoms with Crippen molar-refractivity contribution in [3.05, 3.63) is 90.0 Å². The number of fused-ring (bicyclic) bond motifs is 1. The third-order valence-corrected chi connectivity index (χ3v) is 5.65. The number of ether oxygens (including phenoxy) is 2. The number of hydrogen-bond acceptors (Lipinski definition) is 5. The Morgan fingerprint density at radius 2 is 1.94 bits per heavy atom. The second-order valence-electron chi connectivity index (χ2n) is 8.13. The number of rotatable bonds is 10. The van der Waals surface area contributed by atoms with Gasteiger partial charge in [-0.2, -0.15) is 0 Å². The van der Waals surface area contributed by atoms with E-state index in [0.717, 1.165) is 28.8 Å². The number of imidazole rings is 1. The molecule has 1 unspecified atom stereocenters. The first kappa shape index (κ1) is 24.0. The number of nitrogens with zero attached hydrogens (tertiary/aromatic N) is 3. The Bertz CT molecular complexity index is 1310. The lowest BCUT2D eigenvalue weighted by atomic mass is 10.2. The van der Waals surface area contributed by atoms with Crippen molar-refractivity contribution in [3.63, 3.8) is 0 Å². The fourth-order valence-electron chi connectivity index (χ4n) is 4.00. The minimum absolute atomic E-state index is 0.228. The van der Waals surface area contributed by atoms with E-state index in [2.05, 4.69) is 14.9 Å². The molecule has 4 aromatic rings. The van der Waals surface area contributed by atoms with Crippen molar-refractivity contribution in [1.29, 1.82) is 0 Å². The molecule has 4 rings (SSSR count). The Morgan fingerprint density at radius 1 is 1.11 bits per heavy atom. The number of aromatic nitrogens is 3.